The van der Waals surface area contributed by atoms with E-state index in [1.54, 1.807) is 14.0 Å². The first-order chi connectivity index (χ1) is 9.51. The lowest BCUT2D eigenvalue weighted by atomic mass is 10.1. The second-order valence-corrected chi connectivity index (χ2v) is 6.26. The number of methoxy groups -OCH3 is 1. The van der Waals surface area contributed by atoms with E-state index >= 15 is 0 Å². The van der Waals surface area contributed by atoms with Crippen molar-refractivity contribution in [1.82, 2.24) is 0 Å². The Kier molecular flexibility index (Phi) is 4.57. The van der Waals surface area contributed by atoms with Crippen molar-refractivity contribution in [3.8, 4) is 5.75 Å². The summed E-state index contributed by atoms with van der Waals surface area (Å²) in [7, 11) is 2.10. The van der Waals surface area contributed by atoms with Gasteiger partial charge in [-0.05, 0) is 44.3 Å². The Labute approximate surface area is 122 Å². The lowest BCUT2D eigenvalue weighted by Crippen LogP contribution is -2.14. The van der Waals surface area contributed by atoms with E-state index in [1.165, 1.54) is 5.56 Å². The summed E-state index contributed by atoms with van der Waals surface area (Å²) in [5.41, 5.74) is 3.12. The van der Waals surface area contributed by atoms with E-state index in [2.05, 4.69) is 19.1 Å². The normalized spacial score (nSPS) is 11.0. The van der Waals surface area contributed by atoms with E-state index in [-0.39, 0.29) is 5.78 Å². The Bertz CT molecular complexity index is 647. The quantitative estimate of drug-likeness (QED) is 0.637. The topological polar surface area (TPSA) is 26.3 Å². The van der Waals surface area contributed by atoms with Gasteiger partial charge in [-0.25, -0.2) is 0 Å². The molecule has 2 nitrogen and oxygen atoms in total. The van der Waals surface area contributed by atoms with Crippen molar-refractivity contribution in [3.63, 3.8) is 0 Å². The summed E-state index contributed by atoms with van der Waals surface area (Å²) in [5.74, 6) is 0.992. The molecule has 0 spiro atoms. The van der Waals surface area contributed by atoms with Crippen molar-refractivity contribution in [2.24, 2.45) is 0 Å². The number of ether oxygens (including phenoxy) is 1. The maximum Gasteiger partial charge on any atom is 0.160 e. The van der Waals surface area contributed by atoms with Crippen LogP contribution >= 0.6 is 8.58 Å². The molecule has 0 amide bonds. The van der Waals surface area contributed by atoms with Gasteiger partial charge in [0.2, 0.25) is 0 Å². The Balaban J connectivity index is 2.44. The molecule has 1 atom stereocenters. The summed E-state index contributed by atoms with van der Waals surface area (Å²) >= 11 is 0. The van der Waals surface area contributed by atoms with Crippen LogP contribution < -0.4 is 15.3 Å². The molecule has 104 valence electrons. The Morgan fingerprint density at radius 3 is 2.30 bits per heavy atom. The summed E-state index contributed by atoms with van der Waals surface area (Å²) in [6, 6.07) is 12.2. The highest BCUT2D eigenvalue weighted by atomic mass is 31.1. The van der Waals surface area contributed by atoms with Gasteiger partial charge >= 0.3 is 0 Å². The molecule has 0 aliphatic heterocycles. The van der Waals surface area contributed by atoms with Gasteiger partial charge in [-0.3, -0.25) is 4.79 Å². The molecule has 0 saturated carbocycles. The van der Waals surface area contributed by atoms with E-state index in [4.69, 9.17) is 4.74 Å². The van der Waals surface area contributed by atoms with Gasteiger partial charge in [0, 0.05) is 10.9 Å². The fourth-order valence-electron chi connectivity index (χ4n) is 2.12. The number of carbonyl (C=O) groups is 1. The minimum absolute atomic E-state index is 0.114. The fraction of sp³-hybridized carbons (Fsp3) is 0.235. The van der Waals surface area contributed by atoms with Crippen LogP contribution in [-0.2, 0) is 0 Å². The molecule has 3 heteroatoms. The highest BCUT2D eigenvalue weighted by Gasteiger charge is 2.11. The number of benzene rings is 2. The van der Waals surface area contributed by atoms with Gasteiger partial charge < -0.3 is 4.74 Å². The molecular formula is C17H19O2P. The van der Waals surface area contributed by atoms with Crippen molar-refractivity contribution >= 4 is 25.0 Å². The van der Waals surface area contributed by atoms with Crippen molar-refractivity contribution in [2.45, 2.75) is 20.8 Å². The second-order valence-electron chi connectivity index (χ2n) is 4.93. The fourth-order valence-corrected chi connectivity index (χ4v) is 3.57. The van der Waals surface area contributed by atoms with Crippen LogP contribution in [0.25, 0.3) is 0 Å². The summed E-state index contributed by atoms with van der Waals surface area (Å²) in [4.78, 5) is 11.8. The molecule has 1 unspecified atom stereocenters. The number of Topliss-reactive ketones (excluding diaryl/α,β-unsaturated/α-hetero) is 1. The molecule has 0 saturated heterocycles. The molecule has 2 aromatic carbocycles. The average molecular weight is 286 g/mol. The SMILES string of the molecule is COc1ccc(C)cc1Pc1ccc(C)cc1C(C)=O. The van der Waals surface area contributed by atoms with Gasteiger partial charge in [-0.2, -0.15) is 0 Å². The Morgan fingerprint density at radius 1 is 1.00 bits per heavy atom. The predicted molar refractivity (Wildman–Crippen MR) is 86.5 cm³/mol. The van der Waals surface area contributed by atoms with Crippen LogP contribution in [0, 0.1) is 13.8 Å². The standard InChI is InChI=1S/C17H19O2P/c1-11-6-8-16(14(9-11)13(3)18)20-17-10-12(2)5-7-15(17)19-4/h5-10,20H,1-4H3. The zero-order chi connectivity index (χ0) is 14.7. The van der Waals surface area contributed by atoms with Crippen molar-refractivity contribution in [2.75, 3.05) is 7.11 Å². The zero-order valence-electron chi connectivity index (χ0n) is 12.3. The van der Waals surface area contributed by atoms with E-state index in [0.29, 0.717) is 8.58 Å². The number of aryl methyl sites for hydroxylation is 2. The molecule has 2 aromatic rings. The van der Waals surface area contributed by atoms with Gasteiger partial charge in [0.15, 0.2) is 5.78 Å². The van der Waals surface area contributed by atoms with Crippen LogP contribution in [0.3, 0.4) is 0 Å². The van der Waals surface area contributed by atoms with Gasteiger partial charge in [0.1, 0.15) is 5.75 Å². The summed E-state index contributed by atoms with van der Waals surface area (Å²) in [6.07, 6.45) is 0. The molecule has 0 radical (unpaired) electrons. The summed E-state index contributed by atoms with van der Waals surface area (Å²) < 4.78 is 5.42. The van der Waals surface area contributed by atoms with Gasteiger partial charge in [-0.15, -0.1) is 0 Å². The third-order valence-electron chi connectivity index (χ3n) is 3.18. The molecule has 0 bridgehead atoms. The van der Waals surface area contributed by atoms with Crippen LogP contribution in [0.5, 0.6) is 5.75 Å². The van der Waals surface area contributed by atoms with E-state index < -0.39 is 0 Å². The molecule has 0 aliphatic rings. The Morgan fingerprint density at radius 2 is 1.65 bits per heavy atom. The zero-order valence-corrected chi connectivity index (χ0v) is 13.3. The third kappa shape index (κ3) is 3.26. The number of rotatable bonds is 4. The van der Waals surface area contributed by atoms with Crippen LogP contribution in [-0.4, -0.2) is 12.9 Å². The van der Waals surface area contributed by atoms with Crippen molar-refractivity contribution in [1.29, 1.82) is 0 Å². The molecule has 0 aromatic heterocycles. The number of hydrogen-bond acceptors (Lipinski definition) is 2. The summed E-state index contributed by atoms with van der Waals surface area (Å²) in [6.45, 7) is 5.69. The van der Waals surface area contributed by atoms with Gasteiger partial charge in [0.25, 0.3) is 0 Å². The maximum absolute atomic E-state index is 11.8. The lowest BCUT2D eigenvalue weighted by molar-refractivity contribution is 0.101. The molecular weight excluding hydrogens is 267 g/mol. The summed E-state index contributed by atoms with van der Waals surface area (Å²) in [5, 5.41) is 2.21. The monoisotopic (exact) mass is 286 g/mol. The number of carbonyl (C=O) groups excluding carboxylic acids is 1. The van der Waals surface area contributed by atoms with E-state index in [1.807, 2.05) is 31.2 Å². The molecule has 2 rings (SSSR count). The number of hydrogen-bond donors (Lipinski definition) is 0. The van der Waals surface area contributed by atoms with Gasteiger partial charge in [-0.1, -0.05) is 37.9 Å². The highest BCUT2D eigenvalue weighted by molar-refractivity contribution is 7.56. The smallest absolute Gasteiger partial charge is 0.160 e. The minimum atomic E-state index is 0.114. The van der Waals surface area contributed by atoms with Crippen LogP contribution in [0.1, 0.15) is 28.4 Å². The maximum atomic E-state index is 11.8. The van der Waals surface area contributed by atoms with Crippen LogP contribution in [0.15, 0.2) is 36.4 Å². The molecule has 0 heterocycles. The Hall–Kier alpha value is -1.66. The molecule has 0 N–H and O–H groups in total. The first-order valence-corrected chi connectivity index (χ1v) is 7.54. The first-order valence-electron chi connectivity index (χ1n) is 6.54. The van der Waals surface area contributed by atoms with Crippen molar-refractivity contribution in [3.05, 3.63) is 53.1 Å². The highest BCUT2D eigenvalue weighted by Crippen LogP contribution is 2.22. The molecule has 20 heavy (non-hydrogen) atoms. The predicted octanol–water partition coefficient (Wildman–Crippen LogP) is 3.14. The average Bonchev–Trinajstić information content (AvgIpc) is 2.41. The number of ketones is 1. The largest absolute Gasteiger partial charge is 0.496 e. The van der Waals surface area contributed by atoms with E-state index in [9.17, 15) is 4.79 Å². The minimum Gasteiger partial charge on any atom is -0.496 e. The molecule has 0 aliphatic carbocycles. The van der Waals surface area contributed by atoms with Crippen molar-refractivity contribution < 1.29 is 9.53 Å². The second kappa shape index (κ2) is 6.19. The lowest BCUT2D eigenvalue weighted by Gasteiger charge is -2.12. The molecule has 0 fully saturated rings. The van der Waals surface area contributed by atoms with Gasteiger partial charge in [0.05, 0.1) is 7.11 Å². The van der Waals surface area contributed by atoms with Crippen LogP contribution in [0.2, 0.25) is 0 Å². The first kappa shape index (κ1) is 14.7. The van der Waals surface area contributed by atoms with E-state index in [0.717, 1.165) is 27.5 Å². The van der Waals surface area contributed by atoms with Crippen LogP contribution in [0.4, 0.5) is 0 Å². The third-order valence-corrected chi connectivity index (χ3v) is 4.54.